The van der Waals surface area contributed by atoms with E-state index in [-0.39, 0.29) is 0 Å². The summed E-state index contributed by atoms with van der Waals surface area (Å²) in [6, 6.07) is 25.9. The summed E-state index contributed by atoms with van der Waals surface area (Å²) in [4.78, 5) is 1.25. The molecule has 2 aromatic heterocycles. The molecule has 0 spiro atoms. The summed E-state index contributed by atoms with van der Waals surface area (Å²) in [7, 11) is 0. The highest BCUT2D eigenvalue weighted by Crippen LogP contribution is 2.40. The molecule has 0 saturated heterocycles. The quantitative estimate of drug-likeness (QED) is 0.223. The van der Waals surface area contributed by atoms with Crippen LogP contribution in [0.3, 0.4) is 0 Å². The van der Waals surface area contributed by atoms with E-state index in [4.69, 9.17) is 0 Å². The maximum atomic E-state index is 4.21. The average molecular weight is 491 g/mol. The SMILES string of the molecule is C=C(I)c1sc2ccccc2c1/C=C(\C)n1c2ccccc2c2ccccc21. The fourth-order valence-electron chi connectivity index (χ4n) is 3.99. The highest BCUT2D eigenvalue weighted by molar-refractivity contribution is 14.1. The lowest BCUT2D eigenvalue weighted by molar-refractivity contribution is 1.21. The maximum absolute atomic E-state index is 4.21. The maximum Gasteiger partial charge on any atom is 0.0537 e. The molecule has 5 aromatic rings. The first-order valence-corrected chi connectivity index (χ1v) is 11.1. The second kappa shape index (κ2) is 6.90. The molecule has 0 radical (unpaired) electrons. The third kappa shape index (κ3) is 2.73. The van der Waals surface area contributed by atoms with Crippen molar-refractivity contribution in [2.75, 3.05) is 0 Å². The van der Waals surface area contributed by atoms with Gasteiger partial charge in [0, 0.05) is 40.6 Å². The Morgan fingerprint density at radius 1 is 0.857 bits per heavy atom. The summed E-state index contributed by atoms with van der Waals surface area (Å²) in [5.74, 6) is 0. The Bertz CT molecular complexity index is 1350. The summed E-state index contributed by atoms with van der Waals surface area (Å²) < 4.78 is 4.76. The molecule has 0 N–H and O–H groups in total. The molecular weight excluding hydrogens is 473 g/mol. The van der Waals surface area contributed by atoms with Gasteiger partial charge < -0.3 is 4.57 Å². The Balaban J connectivity index is 1.82. The van der Waals surface area contributed by atoms with Crippen LogP contribution >= 0.6 is 33.9 Å². The summed E-state index contributed by atoms with van der Waals surface area (Å²) in [6.07, 6.45) is 2.32. The standard InChI is InChI=1S/C25H18INS/c1-16(15-21-20-11-5-8-14-24(20)28-25(21)17(2)26)27-22-12-6-3-9-18(22)19-10-4-7-13-23(19)27/h3-15H,2H2,1H3/b16-15+. The van der Waals surface area contributed by atoms with Crippen molar-refractivity contribution in [3.8, 4) is 0 Å². The van der Waals surface area contributed by atoms with Gasteiger partial charge in [0.15, 0.2) is 0 Å². The Kier molecular flexibility index (Phi) is 4.37. The zero-order valence-corrected chi connectivity index (χ0v) is 18.4. The topological polar surface area (TPSA) is 4.93 Å². The first kappa shape index (κ1) is 17.7. The molecule has 0 amide bonds. The lowest BCUT2D eigenvalue weighted by Crippen LogP contribution is -1.93. The van der Waals surface area contributed by atoms with Gasteiger partial charge in [-0.2, -0.15) is 0 Å². The lowest BCUT2D eigenvalue weighted by atomic mass is 10.1. The van der Waals surface area contributed by atoms with Crippen molar-refractivity contribution >= 4 is 81.2 Å². The Morgan fingerprint density at radius 2 is 1.39 bits per heavy atom. The number of aromatic nitrogens is 1. The molecule has 0 aliphatic rings. The number of nitrogens with zero attached hydrogens (tertiary/aromatic N) is 1. The van der Waals surface area contributed by atoms with Gasteiger partial charge in [-0.25, -0.2) is 0 Å². The number of hydrogen-bond acceptors (Lipinski definition) is 1. The zero-order valence-electron chi connectivity index (χ0n) is 15.4. The molecule has 28 heavy (non-hydrogen) atoms. The molecule has 0 bridgehead atoms. The molecular formula is C25H18INS. The molecule has 0 aliphatic heterocycles. The van der Waals surface area contributed by atoms with Crippen LogP contribution in [0, 0.1) is 0 Å². The number of thiophene rings is 1. The lowest BCUT2D eigenvalue weighted by Gasteiger charge is -2.09. The van der Waals surface area contributed by atoms with Crippen LogP contribution in [0.15, 0.2) is 79.4 Å². The predicted molar refractivity (Wildman–Crippen MR) is 134 cm³/mol. The molecule has 0 unspecified atom stereocenters. The average Bonchev–Trinajstić information content (AvgIpc) is 3.24. The van der Waals surface area contributed by atoms with Crippen LogP contribution < -0.4 is 0 Å². The second-order valence-corrected chi connectivity index (χ2v) is 9.26. The van der Waals surface area contributed by atoms with Crippen LogP contribution in [0.1, 0.15) is 17.4 Å². The monoisotopic (exact) mass is 491 g/mol. The predicted octanol–water partition coefficient (Wildman–Crippen LogP) is 8.43. The molecule has 0 saturated carbocycles. The van der Waals surface area contributed by atoms with E-state index in [0.717, 1.165) is 3.58 Å². The van der Waals surface area contributed by atoms with Gasteiger partial charge in [0.2, 0.25) is 0 Å². The molecule has 3 heteroatoms. The summed E-state index contributed by atoms with van der Waals surface area (Å²) in [5, 5.41) is 3.87. The highest BCUT2D eigenvalue weighted by atomic mass is 127. The minimum atomic E-state index is 1.08. The molecule has 0 aliphatic carbocycles. The van der Waals surface area contributed by atoms with E-state index in [1.54, 1.807) is 0 Å². The fraction of sp³-hybridized carbons (Fsp3) is 0.0400. The Morgan fingerprint density at radius 3 is 2.00 bits per heavy atom. The van der Waals surface area contributed by atoms with Crippen molar-refractivity contribution in [2.24, 2.45) is 0 Å². The number of fused-ring (bicyclic) bond motifs is 4. The molecule has 0 atom stereocenters. The van der Waals surface area contributed by atoms with E-state index >= 15 is 0 Å². The summed E-state index contributed by atoms with van der Waals surface area (Å²) >= 11 is 4.16. The number of hydrogen-bond donors (Lipinski definition) is 0. The highest BCUT2D eigenvalue weighted by Gasteiger charge is 2.14. The smallest absolute Gasteiger partial charge is 0.0537 e. The molecule has 3 aromatic carbocycles. The third-order valence-electron chi connectivity index (χ3n) is 5.17. The van der Waals surface area contributed by atoms with Gasteiger partial charge in [-0.15, -0.1) is 11.3 Å². The van der Waals surface area contributed by atoms with Crippen LogP contribution in [0.2, 0.25) is 0 Å². The van der Waals surface area contributed by atoms with Crippen molar-refractivity contribution in [1.82, 2.24) is 4.57 Å². The van der Waals surface area contributed by atoms with E-state index < -0.39 is 0 Å². The van der Waals surface area contributed by atoms with Crippen LogP contribution in [-0.2, 0) is 0 Å². The van der Waals surface area contributed by atoms with Crippen molar-refractivity contribution in [3.63, 3.8) is 0 Å². The van der Waals surface area contributed by atoms with E-state index in [0.29, 0.717) is 0 Å². The van der Waals surface area contributed by atoms with Crippen molar-refractivity contribution in [2.45, 2.75) is 6.92 Å². The second-order valence-electron chi connectivity index (χ2n) is 6.90. The number of halogens is 1. The molecule has 5 rings (SSSR count). The van der Waals surface area contributed by atoms with E-state index in [9.17, 15) is 0 Å². The Labute approximate surface area is 181 Å². The molecule has 1 nitrogen and oxygen atoms in total. The van der Waals surface area contributed by atoms with Crippen LogP contribution in [0.4, 0.5) is 0 Å². The third-order valence-corrected chi connectivity index (χ3v) is 7.32. The summed E-state index contributed by atoms with van der Waals surface area (Å²) in [6.45, 7) is 6.41. The number of rotatable bonds is 3. The van der Waals surface area contributed by atoms with Gasteiger partial charge in [-0.05, 0) is 53.8 Å². The van der Waals surface area contributed by atoms with Crippen molar-refractivity contribution in [3.05, 3.63) is 89.8 Å². The first-order chi connectivity index (χ1) is 13.6. The molecule has 136 valence electrons. The van der Waals surface area contributed by atoms with Gasteiger partial charge in [-0.3, -0.25) is 0 Å². The van der Waals surface area contributed by atoms with E-state index in [2.05, 4.69) is 120 Å². The molecule has 2 heterocycles. The largest absolute Gasteiger partial charge is 0.313 e. The van der Waals surface area contributed by atoms with E-state index in [1.807, 2.05) is 11.3 Å². The van der Waals surface area contributed by atoms with Crippen molar-refractivity contribution < 1.29 is 0 Å². The number of allylic oxidation sites excluding steroid dienone is 1. The van der Waals surface area contributed by atoms with Crippen LogP contribution in [0.25, 0.3) is 47.2 Å². The van der Waals surface area contributed by atoms with E-state index in [1.165, 1.54) is 48.0 Å². The first-order valence-electron chi connectivity index (χ1n) is 9.18. The van der Waals surface area contributed by atoms with Gasteiger partial charge in [0.1, 0.15) is 0 Å². The number of para-hydroxylation sites is 2. The Hall–Kier alpha value is -2.37. The van der Waals surface area contributed by atoms with Crippen molar-refractivity contribution in [1.29, 1.82) is 0 Å². The van der Waals surface area contributed by atoms with Gasteiger partial charge in [0.25, 0.3) is 0 Å². The minimum Gasteiger partial charge on any atom is -0.313 e. The zero-order chi connectivity index (χ0) is 19.3. The van der Waals surface area contributed by atoms with Gasteiger partial charge in [0.05, 0.1) is 11.0 Å². The van der Waals surface area contributed by atoms with Crippen LogP contribution in [0.5, 0.6) is 0 Å². The van der Waals surface area contributed by atoms with Gasteiger partial charge in [-0.1, -0.05) is 61.2 Å². The minimum absolute atomic E-state index is 1.08. The fourth-order valence-corrected chi connectivity index (χ4v) is 5.65. The molecule has 0 fully saturated rings. The normalized spacial score (nSPS) is 12.3. The number of benzene rings is 3. The van der Waals surface area contributed by atoms with Gasteiger partial charge >= 0.3 is 0 Å². The van der Waals surface area contributed by atoms with Crippen LogP contribution in [-0.4, -0.2) is 4.57 Å². The summed E-state index contributed by atoms with van der Waals surface area (Å²) in [5.41, 5.74) is 4.96.